The first-order valence-corrected chi connectivity index (χ1v) is 10.5. The van der Waals surface area contributed by atoms with Gasteiger partial charge in [-0.1, -0.05) is 11.6 Å². The molecular formula is C21H21ClF3N3OS. The van der Waals surface area contributed by atoms with Crippen LogP contribution in [0.3, 0.4) is 0 Å². The summed E-state index contributed by atoms with van der Waals surface area (Å²) in [4.78, 5) is 5.44. The molecule has 160 valence electrons. The van der Waals surface area contributed by atoms with Crippen LogP contribution in [-0.4, -0.2) is 31.2 Å². The zero-order chi connectivity index (χ0) is 21.5. The van der Waals surface area contributed by atoms with Crippen LogP contribution in [-0.2, 0) is 6.54 Å². The predicted octanol–water partition coefficient (Wildman–Crippen LogP) is 5.49. The minimum atomic E-state index is -2.38. The number of ether oxygens (including phenoxy) is 1. The van der Waals surface area contributed by atoms with Gasteiger partial charge in [0.1, 0.15) is 17.3 Å². The fourth-order valence-electron chi connectivity index (χ4n) is 2.91. The Balaban J connectivity index is 1.95. The molecule has 0 aliphatic heterocycles. The lowest BCUT2D eigenvalue weighted by Gasteiger charge is -2.10. The Morgan fingerprint density at radius 1 is 1.20 bits per heavy atom. The fraction of sp³-hybridized carbons (Fsp3) is 0.286. The van der Waals surface area contributed by atoms with Gasteiger partial charge in [-0.05, 0) is 54.9 Å². The molecule has 1 aromatic heterocycles. The molecule has 1 N–H and O–H groups in total. The maximum Gasteiger partial charge on any atom is 0.250 e. The predicted molar refractivity (Wildman–Crippen MR) is 114 cm³/mol. The molecule has 0 aliphatic rings. The van der Waals surface area contributed by atoms with Gasteiger partial charge in [-0.25, -0.2) is 18.2 Å². The van der Waals surface area contributed by atoms with Crippen molar-refractivity contribution in [1.29, 1.82) is 0 Å². The topological polar surface area (TPSA) is 38.5 Å². The van der Waals surface area contributed by atoms with E-state index in [1.165, 1.54) is 23.5 Å². The highest BCUT2D eigenvalue weighted by atomic mass is 35.5. The van der Waals surface area contributed by atoms with Crippen molar-refractivity contribution in [2.45, 2.75) is 19.4 Å². The Morgan fingerprint density at radius 2 is 1.97 bits per heavy atom. The van der Waals surface area contributed by atoms with Crippen molar-refractivity contribution in [3.8, 4) is 17.0 Å². The molecule has 0 radical (unpaired) electrons. The monoisotopic (exact) mass is 455 g/mol. The van der Waals surface area contributed by atoms with Gasteiger partial charge in [0.25, 0.3) is 6.43 Å². The van der Waals surface area contributed by atoms with E-state index in [1.54, 1.807) is 37.4 Å². The molecule has 0 bridgehead atoms. The largest absolute Gasteiger partial charge is 0.494 e. The maximum absolute atomic E-state index is 13.3. The lowest BCUT2D eigenvalue weighted by molar-refractivity contribution is 0.146. The highest BCUT2D eigenvalue weighted by Crippen LogP contribution is 2.30. The maximum atomic E-state index is 13.3. The zero-order valence-corrected chi connectivity index (χ0v) is 17.8. The molecule has 9 heteroatoms. The third kappa shape index (κ3) is 5.87. The van der Waals surface area contributed by atoms with Crippen LogP contribution in [0.1, 0.15) is 6.42 Å². The summed E-state index contributed by atoms with van der Waals surface area (Å²) >= 11 is 7.47. The number of thiazole rings is 1. The molecule has 0 aliphatic carbocycles. The summed E-state index contributed by atoms with van der Waals surface area (Å²) in [5, 5.41) is 5.22. The first-order chi connectivity index (χ1) is 14.5. The Kier molecular flexibility index (Phi) is 7.95. The molecule has 1 heterocycles. The van der Waals surface area contributed by atoms with Gasteiger partial charge in [0.05, 0.1) is 19.3 Å². The molecule has 0 saturated heterocycles. The molecule has 3 aromatic rings. The number of methoxy groups -OCH3 is 1. The quantitative estimate of drug-likeness (QED) is 0.433. The number of aromatic nitrogens is 1. The summed E-state index contributed by atoms with van der Waals surface area (Å²) in [6.07, 6.45) is -1.75. The second-order valence-electron chi connectivity index (χ2n) is 6.44. The van der Waals surface area contributed by atoms with Gasteiger partial charge in [0.15, 0.2) is 4.80 Å². The summed E-state index contributed by atoms with van der Waals surface area (Å²) < 4.78 is 45.4. The number of halogens is 4. The van der Waals surface area contributed by atoms with Crippen molar-refractivity contribution in [2.75, 3.05) is 20.2 Å². The molecule has 0 unspecified atom stereocenters. The minimum absolute atomic E-state index is 0.312. The summed E-state index contributed by atoms with van der Waals surface area (Å²) in [5.41, 5.74) is 2.34. The van der Waals surface area contributed by atoms with E-state index in [1.807, 2.05) is 9.95 Å². The van der Waals surface area contributed by atoms with Gasteiger partial charge >= 0.3 is 0 Å². The van der Waals surface area contributed by atoms with Crippen molar-refractivity contribution < 1.29 is 17.9 Å². The summed E-state index contributed by atoms with van der Waals surface area (Å²) in [6, 6.07) is 11.4. The minimum Gasteiger partial charge on any atom is -0.494 e. The van der Waals surface area contributed by atoms with Crippen LogP contribution in [0.5, 0.6) is 5.75 Å². The molecule has 0 saturated carbocycles. The van der Waals surface area contributed by atoms with Gasteiger partial charge in [-0.2, -0.15) is 0 Å². The molecule has 4 nitrogen and oxygen atoms in total. The third-order valence-corrected chi connectivity index (χ3v) is 5.43. The van der Waals surface area contributed by atoms with Gasteiger partial charge in [-0.15, -0.1) is 11.3 Å². The van der Waals surface area contributed by atoms with Gasteiger partial charge in [0.2, 0.25) is 0 Å². The SMILES string of the molecule is COc1cc(Cl)ccc1N=c1scc(-c2ccc(F)cc2)n1CCCNCC(F)F. The van der Waals surface area contributed by atoms with Crippen LogP contribution in [0.2, 0.25) is 5.02 Å². The zero-order valence-electron chi connectivity index (χ0n) is 16.2. The van der Waals surface area contributed by atoms with Crippen molar-refractivity contribution in [1.82, 2.24) is 9.88 Å². The molecule has 0 amide bonds. The average Bonchev–Trinajstić information content (AvgIpc) is 3.11. The number of hydrogen-bond donors (Lipinski definition) is 1. The average molecular weight is 456 g/mol. The Hall–Kier alpha value is -2.29. The van der Waals surface area contributed by atoms with Crippen molar-refractivity contribution in [2.24, 2.45) is 4.99 Å². The normalized spacial score (nSPS) is 12.0. The lowest BCUT2D eigenvalue weighted by Crippen LogP contribution is -2.24. The van der Waals surface area contributed by atoms with E-state index in [4.69, 9.17) is 21.3 Å². The van der Waals surface area contributed by atoms with E-state index in [-0.39, 0.29) is 12.4 Å². The smallest absolute Gasteiger partial charge is 0.250 e. The fourth-order valence-corrected chi connectivity index (χ4v) is 4.02. The van der Waals surface area contributed by atoms with Crippen molar-refractivity contribution in [3.63, 3.8) is 0 Å². The van der Waals surface area contributed by atoms with E-state index in [2.05, 4.69) is 5.32 Å². The second-order valence-corrected chi connectivity index (χ2v) is 7.71. The number of nitrogens with zero attached hydrogens (tertiary/aromatic N) is 2. The van der Waals surface area contributed by atoms with Crippen molar-refractivity contribution in [3.05, 3.63) is 63.5 Å². The molecular weight excluding hydrogens is 435 g/mol. The van der Waals surface area contributed by atoms with Gasteiger partial charge in [0, 0.05) is 23.0 Å². The molecule has 0 spiro atoms. The van der Waals surface area contributed by atoms with E-state index < -0.39 is 6.43 Å². The molecule has 0 fully saturated rings. The van der Waals surface area contributed by atoms with Crippen LogP contribution < -0.4 is 14.9 Å². The van der Waals surface area contributed by atoms with Crippen LogP contribution in [0, 0.1) is 5.82 Å². The van der Waals surface area contributed by atoms with Crippen LogP contribution in [0.25, 0.3) is 11.3 Å². The number of hydrogen-bond acceptors (Lipinski definition) is 4. The molecule has 2 aromatic carbocycles. The number of alkyl halides is 2. The molecule has 0 atom stereocenters. The summed E-state index contributed by atoms with van der Waals surface area (Å²) in [7, 11) is 1.55. The van der Waals surface area contributed by atoms with Gasteiger partial charge < -0.3 is 14.6 Å². The number of rotatable bonds is 9. The highest BCUT2D eigenvalue weighted by molar-refractivity contribution is 7.07. The third-order valence-electron chi connectivity index (χ3n) is 4.33. The number of nitrogens with one attached hydrogen (secondary N) is 1. The Labute approximate surface area is 181 Å². The van der Waals surface area contributed by atoms with Crippen molar-refractivity contribution >= 4 is 28.6 Å². The first-order valence-electron chi connectivity index (χ1n) is 9.29. The summed E-state index contributed by atoms with van der Waals surface area (Å²) in [6.45, 7) is 0.666. The first kappa shape index (κ1) is 22.4. The van der Waals surface area contributed by atoms with E-state index >= 15 is 0 Å². The molecule has 3 rings (SSSR count). The highest BCUT2D eigenvalue weighted by Gasteiger charge is 2.10. The van der Waals surface area contributed by atoms with E-state index in [9.17, 15) is 13.2 Å². The number of benzene rings is 2. The molecule has 30 heavy (non-hydrogen) atoms. The summed E-state index contributed by atoms with van der Waals surface area (Å²) in [5.74, 6) is 0.233. The standard InChI is InChI=1S/C21H21ClF3N3OS/c1-29-19-11-15(22)5-8-17(19)27-21-28(10-2-9-26-12-20(24)25)18(13-30-21)14-3-6-16(23)7-4-14/h3-8,11,13,20,26H,2,9-10,12H2,1H3. The van der Waals surface area contributed by atoms with Crippen LogP contribution in [0.15, 0.2) is 52.8 Å². The van der Waals surface area contributed by atoms with Gasteiger partial charge in [-0.3, -0.25) is 0 Å². The van der Waals surface area contributed by atoms with Crippen LogP contribution >= 0.6 is 22.9 Å². The van der Waals surface area contributed by atoms with E-state index in [0.717, 1.165) is 11.3 Å². The lowest BCUT2D eigenvalue weighted by atomic mass is 10.1. The Morgan fingerprint density at radius 3 is 2.67 bits per heavy atom. The second kappa shape index (κ2) is 10.7. The van der Waals surface area contributed by atoms with E-state index in [0.29, 0.717) is 40.8 Å². The van der Waals surface area contributed by atoms with Crippen LogP contribution in [0.4, 0.5) is 18.9 Å². The Bertz CT molecular complexity index is 1030.